The van der Waals surface area contributed by atoms with Crippen LogP contribution in [-0.2, 0) is 18.3 Å². The molecule has 1 aliphatic carbocycles. The van der Waals surface area contributed by atoms with Crippen LogP contribution in [0.25, 0.3) is 0 Å². The third-order valence-electron chi connectivity index (χ3n) is 4.58. The molecule has 1 nitrogen and oxygen atoms in total. The van der Waals surface area contributed by atoms with Gasteiger partial charge in [0.1, 0.15) is 0 Å². The highest BCUT2D eigenvalue weighted by molar-refractivity contribution is 5.30. The summed E-state index contributed by atoms with van der Waals surface area (Å²) in [6.07, 6.45) is 12.5. The minimum absolute atomic E-state index is 0.264. The Morgan fingerprint density at radius 2 is 1.72 bits per heavy atom. The van der Waals surface area contributed by atoms with Crippen molar-refractivity contribution in [1.29, 1.82) is 0 Å². The first kappa shape index (κ1) is 13.6. The molecule has 1 heteroatoms. The molecule has 2 rings (SSSR count). The van der Waals surface area contributed by atoms with E-state index >= 15 is 0 Å². The SMILES string of the molecule is CCC(C)(C)c1cnc2c(c1)CCCCCCC2. The zero-order valence-corrected chi connectivity index (χ0v) is 12.3. The molecule has 0 spiro atoms. The standard InChI is InChI=1S/C17H27N/c1-4-17(2,3)15-12-14-10-8-6-5-7-9-11-16(14)18-13-15/h12-13H,4-11H2,1-3H3. The van der Waals surface area contributed by atoms with Crippen LogP contribution in [0.4, 0.5) is 0 Å². The Labute approximate surface area is 112 Å². The summed E-state index contributed by atoms with van der Waals surface area (Å²) in [5, 5.41) is 0. The number of hydrogen-bond acceptors (Lipinski definition) is 1. The van der Waals surface area contributed by atoms with Crippen LogP contribution in [0.15, 0.2) is 12.3 Å². The van der Waals surface area contributed by atoms with E-state index in [1.807, 2.05) is 0 Å². The lowest BCUT2D eigenvalue weighted by Crippen LogP contribution is -2.17. The Kier molecular flexibility index (Phi) is 4.42. The molecule has 1 aromatic rings. The molecule has 0 atom stereocenters. The fraction of sp³-hybridized carbons (Fsp3) is 0.706. The minimum Gasteiger partial charge on any atom is -0.261 e. The van der Waals surface area contributed by atoms with E-state index in [1.165, 1.54) is 68.2 Å². The van der Waals surface area contributed by atoms with Gasteiger partial charge in [0.2, 0.25) is 0 Å². The molecule has 18 heavy (non-hydrogen) atoms. The number of rotatable bonds is 2. The summed E-state index contributed by atoms with van der Waals surface area (Å²) in [6.45, 7) is 6.92. The van der Waals surface area contributed by atoms with Crippen molar-refractivity contribution >= 4 is 0 Å². The second kappa shape index (κ2) is 5.86. The minimum atomic E-state index is 0.264. The van der Waals surface area contributed by atoms with Gasteiger partial charge in [-0.15, -0.1) is 0 Å². The van der Waals surface area contributed by atoms with E-state index in [1.54, 1.807) is 0 Å². The van der Waals surface area contributed by atoms with Crippen molar-refractivity contribution in [3.05, 3.63) is 29.1 Å². The van der Waals surface area contributed by atoms with E-state index in [0.29, 0.717) is 0 Å². The van der Waals surface area contributed by atoms with Crippen molar-refractivity contribution in [2.45, 2.75) is 77.6 Å². The molecule has 0 aliphatic heterocycles. The maximum atomic E-state index is 4.78. The molecule has 1 aromatic heterocycles. The van der Waals surface area contributed by atoms with Crippen molar-refractivity contribution in [3.8, 4) is 0 Å². The predicted molar refractivity (Wildman–Crippen MR) is 78.0 cm³/mol. The summed E-state index contributed by atoms with van der Waals surface area (Å²) in [4.78, 5) is 4.78. The van der Waals surface area contributed by atoms with Crippen LogP contribution in [0.1, 0.15) is 76.1 Å². The van der Waals surface area contributed by atoms with Gasteiger partial charge >= 0.3 is 0 Å². The number of hydrogen-bond donors (Lipinski definition) is 0. The Morgan fingerprint density at radius 1 is 1.06 bits per heavy atom. The summed E-state index contributed by atoms with van der Waals surface area (Å²) < 4.78 is 0. The fourth-order valence-corrected chi connectivity index (χ4v) is 2.69. The van der Waals surface area contributed by atoms with Gasteiger partial charge in [-0.25, -0.2) is 0 Å². The van der Waals surface area contributed by atoms with Gasteiger partial charge < -0.3 is 0 Å². The highest BCUT2D eigenvalue weighted by atomic mass is 14.7. The topological polar surface area (TPSA) is 12.9 Å². The van der Waals surface area contributed by atoms with Crippen molar-refractivity contribution < 1.29 is 0 Å². The van der Waals surface area contributed by atoms with E-state index in [0.717, 1.165) is 0 Å². The van der Waals surface area contributed by atoms with Gasteiger partial charge in [0.05, 0.1) is 0 Å². The van der Waals surface area contributed by atoms with Gasteiger partial charge in [-0.2, -0.15) is 0 Å². The molecule has 0 aromatic carbocycles. The number of fused-ring (bicyclic) bond motifs is 1. The van der Waals surface area contributed by atoms with Gasteiger partial charge in [-0.1, -0.05) is 46.1 Å². The fourth-order valence-electron chi connectivity index (χ4n) is 2.69. The maximum Gasteiger partial charge on any atom is 0.0435 e. The average molecular weight is 245 g/mol. The maximum absolute atomic E-state index is 4.78. The molecule has 0 saturated carbocycles. The summed E-state index contributed by atoms with van der Waals surface area (Å²) >= 11 is 0. The normalized spacial score (nSPS) is 17.5. The van der Waals surface area contributed by atoms with E-state index in [2.05, 4.69) is 33.0 Å². The molecule has 100 valence electrons. The van der Waals surface area contributed by atoms with Crippen LogP contribution in [-0.4, -0.2) is 4.98 Å². The Balaban J connectivity index is 2.28. The van der Waals surface area contributed by atoms with Gasteiger partial charge in [0, 0.05) is 11.9 Å². The Hall–Kier alpha value is -0.850. The summed E-state index contributed by atoms with van der Waals surface area (Å²) in [7, 11) is 0. The molecule has 0 N–H and O–H groups in total. The van der Waals surface area contributed by atoms with Crippen molar-refractivity contribution in [2.75, 3.05) is 0 Å². The third-order valence-corrected chi connectivity index (χ3v) is 4.58. The molecule has 0 fully saturated rings. The highest BCUT2D eigenvalue weighted by Crippen LogP contribution is 2.28. The van der Waals surface area contributed by atoms with Gasteiger partial charge in [-0.3, -0.25) is 4.98 Å². The van der Waals surface area contributed by atoms with Crippen LogP contribution < -0.4 is 0 Å². The van der Waals surface area contributed by atoms with E-state index in [9.17, 15) is 0 Å². The van der Waals surface area contributed by atoms with Crippen LogP contribution >= 0.6 is 0 Å². The van der Waals surface area contributed by atoms with Crippen LogP contribution in [0, 0.1) is 0 Å². The number of aryl methyl sites for hydroxylation is 2. The van der Waals surface area contributed by atoms with Crippen LogP contribution in [0.2, 0.25) is 0 Å². The summed E-state index contributed by atoms with van der Waals surface area (Å²) in [5.74, 6) is 0. The molecule has 0 bridgehead atoms. The van der Waals surface area contributed by atoms with Crippen molar-refractivity contribution in [2.24, 2.45) is 0 Å². The Morgan fingerprint density at radius 3 is 2.44 bits per heavy atom. The number of pyridine rings is 1. The van der Waals surface area contributed by atoms with E-state index in [-0.39, 0.29) is 5.41 Å². The smallest absolute Gasteiger partial charge is 0.0435 e. The first-order valence-electron chi connectivity index (χ1n) is 7.62. The van der Waals surface area contributed by atoms with Crippen molar-refractivity contribution in [1.82, 2.24) is 4.98 Å². The van der Waals surface area contributed by atoms with Crippen LogP contribution in [0.3, 0.4) is 0 Å². The monoisotopic (exact) mass is 245 g/mol. The van der Waals surface area contributed by atoms with E-state index in [4.69, 9.17) is 4.98 Å². The first-order valence-corrected chi connectivity index (χ1v) is 7.62. The molecule has 0 amide bonds. The lowest BCUT2D eigenvalue weighted by molar-refractivity contribution is 0.503. The molecule has 1 heterocycles. The number of aromatic nitrogens is 1. The second-order valence-corrected chi connectivity index (χ2v) is 6.34. The van der Waals surface area contributed by atoms with Gasteiger partial charge in [0.15, 0.2) is 0 Å². The Bertz CT molecular complexity index is 393. The summed E-state index contributed by atoms with van der Waals surface area (Å²) in [6, 6.07) is 2.44. The molecule has 0 saturated heterocycles. The second-order valence-electron chi connectivity index (χ2n) is 6.34. The first-order chi connectivity index (χ1) is 8.63. The lowest BCUT2D eigenvalue weighted by atomic mass is 9.82. The average Bonchev–Trinajstić information content (AvgIpc) is 2.49. The highest BCUT2D eigenvalue weighted by Gasteiger charge is 2.20. The predicted octanol–water partition coefficient (Wildman–Crippen LogP) is 4.82. The van der Waals surface area contributed by atoms with Crippen molar-refractivity contribution in [3.63, 3.8) is 0 Å². The molecule has 0 unspecified atom stereocenters. The quantitative estimate of drug-likeness (QED) is 0.728. The molecular weight excluding hydrogens is 218 g/mol. The number of nitrogens with zero attached hydrogens (tertiary/aromatic N) is 1. The van der Waals surface area contributed by atoms with Gasteiger partial charge in [-0.05, 0) is 48.6 Å². The van der Waals surface area contributed by atoms with Crippen LogP contribution in [0.5, 0.6) is 0 Å². The van der Waals surface area contributed by atoms with Gasteiger partial charge in [0.25, 0.3) is 0 Å². The molecular formula is C17H27N. The third kappa shape index (κ3) is 3.13. The summed E-state index contributed by atoms with van der Waals surface area (Å²) in [5.41, 5.74) is 4.58. The zero-order chi connectivity index (χ0) is 13.0. The molecule has 0 radical (unpaired) electrons. The molecule has 1 aliphatic rings. The zero-order valence-electron chi connectivity index (χ0n) is 12.3. The van der Waals surface area contributed by atoms with E-state index < -0.39 is 0 Å². The lowest BCUT2D eigenvalue weighted by Gasteiger charge is -2.24. The largest absolute Gasteiger partial charge is 0.261 e.